The maximum absolute atomic E-state index is 5.40. The highest BCUT2D eigenvalue weighted by Crippen LogP contribution is 2.26. The molecule has 0 fully saturated rings. The van der Waals surface area contributed by atoms with E-state index in [0.717, 1.165) is 30.1 Å². The van der Waals surface area contributed by atoms with E-state index in [1.54, 1.807) is 11.8 Å². The summed E-state index contributed by atoms with van der Waals surface area (Å²) >= 11 is 0. The molecule has 20 heavy (non-hydrogen) atoms. The van der Waals surface area contributed by atoms with Crippen LogP contribution in [0.5, 0.6) is 5.75 Å². The molecule has 1 aromatic carbocycles. The predicted octanol–water partition coefficient (Wildman–Crippen LogP) is 2.10. The molecule has 0 aliphatic carbocycles. The number of ether oxygens (including phenoxy) is 1. The number of hydrogen-bond donors (Lipinski definition) is 1. The highest BCUT2D eigenvalue weighted by molar-refractivity contribution is 5.58. The van der Waals surface area contributed by atoms with Gasteiger partial charge in [0.05, 0.1) is 19.0 Å². The fraction of sp³-hybridized carbons (Fsp3) is 0.400. The van der Waals surface area contributed by atoms with Crippen LogP contribution >= 0.6 is 0 Å². The molecule has 1 N–H and O–H groups in total. The summed E-state index contributed by atoms with van der Waals surface area (Å²) in [6.45, 7) is 1.64. The van der Waals surface area contributed by atoms with Crippen LogP contribution in [0.25, 0.3) is 0 Å². The van der Waals surface area contributed by atoms with Crippen molar-refractivity contribution in [1.29, 1.82) is 0 Å². The van der Waals surface area contributed by atoms with Crippen molar-refractivity contribution in [2.75, 3.05) is 26.5 Å². The Balaban J connectivity index is 2.11. The van der Waals surface area contributed by atoms with Crippen molar-refractivity contribution in [3.05, 3.63) is 41.7 Å². The van der Waals surface area contributed by atoms with E-state index in [0.29, 0.717) is 0 Å². The highest BCUT2D eigenvalue weighted by Gasteiger charge is 2.06. The lowest BCUT2D eigenvalue weighted by molar-refractivity contribution is 0.400. The minimum absolute atomic E-state index is 0.732. The first-order valence-corrected chi connectivity index (χ1v) is 6.61. The molecule has 0 bridgehead atoms. The van der Waals surface area contributed by atoms with Gasteiger partial charge in [-0.3, -0.25) is 4.68 Å². The van der Waals surface area contributed by atoms with Crippen molar-refractivity contribution in [2.24, 2.45) is 7.05 Å². The molecule has 0 unspecified atom stereocenters. The molecule has 2 aromatic rings. The smallest absolute Gasteiger partial charge is 0.141 e. The Morgan fingerprint density at radius 1 is 1.30 bits per heavy atom. The summed E-state index contributed by atoms with van der Waals surface area (Å²) in [7, 11) is 7.73. The zero-order valence-electron chi connectivity index (χ0n) is 12.6. The van der Waals surface area contributed by atoms with Crippen LogP contribution in [0.3, 0.4) is 0 Å². The van der Waals surface area contributed by atoms with Gasteiger partial charge in [0.2, 0.25) is 0 Å². The van der Waals surface area contributed by atoms with E-state index in [4.69, 9.17) is 4.74 Å². The molecule has 0 radical (unpaired) electrons. The van der Waals surface area contributed by atoms with Crippen molar-refractivity contribution >= 4 is 5.69 Å². The zero-order chi connectivity index (χ0) is 14.5. The SMILES string of the molecule is COc1ccc(CN(C)C)cc1NCc1cnn(C)c1. The molecule has 0 aliphatic heterocycles. The molecular formula is C15H22N4O. The van der Waals surface area contributed by atoms with Crippen molar-refractivity contribution in [3.63, 3.8) is 0 Å². The number of nitrogens with zero attached hydrogens (tertiary/aromatic N) is 3. The summed E-state index contributed by atoms with van der Waals surface area (Å²) in [4.78, 5) is 2.15. The van der Waals surface area contributed by atoms with E-state index in [-0.39, 0.29) is 0 Å². The second kappa shape index (κ2) is 6.43. The summed E-state index contributed by atoms with van der Waals surface area (Å²) < 4.78 is 7.20. The van der Waals surface area contributed by atoms with Crippen LogP contribution in [-0.2, 0) is 20.1 Å². The topological polar surface area (TPSA) is 42.3 Å². The first kappa shape index (κ1) is 14.4. The highest BCUT2D eigenvalue weighted by atomic mass is 16.5. The number of methoxy groups -OCH3 is 1. The van der Waals surface area contributed by atoms with Gasteiger partial charge in [0, 0.05) is 31.9 Å². The van der Waals surface area contributed by atoms with Crippen LogP contribution < -0.4 is 10.1 Å². The van der Waals surface area contributed by atoms with Gasteiger partial charge in [-0.25, -0.2) is 0 Å². The van der Waals surface area contributed by atoms with E-state index < -0.39 is 0 Å². The molecule has 1 aromatic heterocycles. The fourth-order valence-electron chi connectivity index (χ4n) is 2.12. The van der Waals surface area contributed by atoms with Gasteiger partial charge in [-0.05, 0) is 31.8 Å². The van der Waals surface area contributed by atoms with Gasteiger partial charge in [0.1, 0.15) is 5.75 Å². The van der Waals surface area contributed by atoms with Gasteiger partial charge in [-0.1, -0.05) is 6.07 Å². The van der Waals surface area contributed by atoms with Crippen LogP contribution in [0.1, 0.15) is 11.1 Å². The second-order valence-corrected chi connectivity index (χ2v) is 5.15. The Hall–Kier alpha value is -2.01. The number of nitrogens with one attached hydrogen (secondary N) is 1. The molecule has 5 heteroatoms. The molecule has 0 amide bonds. The maximum atomic E-state index is 5.40. The van der Waals surface area contributed by atoms with Gasteiger partial charge in [0.25, 0.3) is 0 Å². The molecule has 0 atom stereocenters. The summed E-state index contributed by atoms with van der Waals surface area (Å²) in [5, 5.41) is 7.58. The first-order valence-electron chi connectivity index (χ1n) is 6.61. The summed E-state index contributed by atoms with van der Waals surface area (Å²) in [6, 6.07) is 6.23. The van der Waals surface area contributed by atoms with Gasteiger partial charge in [-0.2, -0.15) is 5.10 Å². The number of benzene rings is 1. The first-order chi connectivity index (χ1) is 9.58. The molecule has 108 valence electrons. The lowest BCUT2D eigenvalue weighted by Gasteiger charge is -2.14. The quantitative estimate of drug-likeness (QED) is 0.876. The van der Waals surface area contributed by atoms with Gasteiger partial charge < -0.3 is 15.0 Å². The van der Waals surface area contributed by atoms with Crippen LogP contribution in [0.4, 0.5) is 5.69 Å². The summed E-state index contributed by atoms with van der Waals surface area (Å²) in [5.41, 5.74) is 3.41. The number of anilines is 1. The molecule has 0 aliphatic rings. The molecule has 1 heterocycles. The maximum Gasteiger partial charge on any atom is 0.141 e. The number of rotatable bonds is 6. The number of aryl methyl sites for hydroxylation is 1. The normalized spacial score (nSPS) is 10.8. The molecular weight excluding hydrogens is 252 g/mol. The molecule has 0 spiro atoms. The minimum Gasteiger partial charge on any atom is -0.495 e. The summed E-state index contributed by atoms with van der Waals surface area (Å²) in [5.74, 6) is 0.858. The molecule has 2 rings (SSSR count). The van der Waals surface area contributed by atoms with E-state index in [1.165, 1.54) is 5.56 Å². The Morgan fingerprint density at radius 2 is 2.10 bits per heavy atom. The van der Waals surface area contributed by atoms with Crippen LogP contribution in [0.2, 0.25) is 0 Å². The van der Waals surface area contributed by atoms with Crippen LogP contribution in [0.15, 0.2) is 30.6 Å². The third-order valence-electron chi connectivity index (χ3n) is 3.00. The van der Waals surface area contributed by atoms with Crippen molar-refractivity contribution in [3.8, 4) is 5.75 Å². The number of hydrogen-bond acceptors (Lipinski definition) is 4. The Morgan fingerprint density at radius 3 is 2.70 bits per heavy atom. The Labute approximate surface area is 120 Å². The van der Waals surface area contributed by atoms with E-state index in [9.17, 15) is 0 Å². The lowest BCUT2D eigenvalue weighted by Crippen LogP contribution is -2.11. The van der Waals surface area contributed by atoms with Crippen LogP contribution in [-0.4, -0.2) is 35.9 Å². The largest absolute Gasteiger partial charge is 0.495 e. The molecule has 0 saturated heterocycles. The number of aromatic nitrogens is 2. The average Bonchev–Trinajstić information content (AvgIpc) is 2.82. The predicted molar refractivity (Wildman–Crippen MR) is 80.9 cm³/mol. The third kappa shape index (κ3) is 3.74. The lowest BCUT2D eigenvalue weighted by atomic mass is 10.1. The van der Waals surface area contributed by atoms with Crippen molar-refractivity contribution in [1.82, 2.24) is 14.7 Å². The fourth-order valence-corrected chi connectivity index (χ4v) is 2.12. The van der Waals surface area contributed by atoms with Crippen molar-refractivity contribution in [2.45, 2.75) is 13.1 Å². The van der Waals surface area contributed by atoms with E-state index in [1.807, 2.05) is 25.5 Å². The summed E-state index contributed by atoms with van der Waals surface area (Å²) in [6.07, 6.45) is 3.87. The van der Waals surface area contributed by atoms with Crippen molar-refractivity contribution < 1.29 is 4.74 Å². The standard InChI is InChI=1S/C15H22N4O/c1-18(2)10-12-5-6-15(20-4)14(7-12)16-8-13-9-17-19(3)11-13/h5-7,9,11,16H,8,10H2,1-4H3. The second-order valence-electron chi connectivity index (χ2n) is 5.15. The zero-order valence-corrected chi connectivity index (χ0v) is 12.6. The molecule has 5 nitrogen and oxygen atoms in total. The third-order valence-corrected chi connectivity index (χ3v) is 3.00. The monoisotopic (exact) mass is 274 g/mol. The van der Waals surface area contributed by atoms with E-state index >= 15 is 0 Å². The van der Waals surface area contributed by atoms with E-state index in [2.05, 4.69) is 41.5 Å². The Kier molecular flexibility index (Phi) is 4.63. The Bertz CT molecular complexity index is 563. The minimum atomic E-state index is 0.732. The molecule has 0 saturated carbocycles. The van der Waals surface area contributed by atoms with Gasteiger partial charge in [0.15, 0.2) is 0 Å². The van der Waals surface area contributed by atoms with Crippen LogP contribution in [0, 0.1) is 0 Å². The van der Waals surface area contributed by atoms with Gasteiger partial charge in [-0.15, -0.1) is 0 Å². The van der Waals surface area contributed by atoms with Gasteiger partial charge >= 0.3 is 0 Å². The average molecular weight is 274 g/mol.